The maximum absolute atomic E-state index is 12.7. The third-order valence-corrected chi connectivity index (χ3v) is 7.42. The molecule has 31 heavy (non-hydrogen) atoms. The third kappa shape index (κ3) is 1.91. The van der Waals surface area contributed by atoms with Crippen LogP contribution in [-0.4, -0.2) is 23.1 Å². The minimum atomic E-state index is -0.172. The molecule has 5 aromatic rings. The van der Waals surface area contributed by atoms with Crippen LogP contribution in [0.15, 0.2) is 46.9 Å². The number of hydrogen-bond acceptors (Lipinski definition) is 4. The summed E-state index contributed by atoms with van der Waals surface area (Å²) >= 11 is 3.67. The summed E-state index contributed by atoms with van der Waals surface area (Å²) in [4.78, 5) is 50.6. The fourth-order valence-corrected chi connectivity index (χ4v) is 6.18. The predicted molar refractivity (Wildman–Crippen MR) is 122 cm³/mol. The van der Waals surface area contributed by atoms with Gasteiger partial charge < -0.3 is 0 Å². The van der Waals surface area contributed by atoms with E-state index in [-0.39, 0.29) is 36.0 Å². The summed E-state index contributed by atoms with van der Waals surface area (Å²) < 4.78 is 0.760. The Hall–Kier alpha value is -3.44. The van der Waals surface area contributed by atoms with Crippen molar-refractivity contribution in [1.29, 1.82) is 0 Å². The maximum atomic E-state index is 12.7. The number of Topliss-reactive ketones (excluding diaryl/α,β-unsaturated/α-hetero) is 4. The number of fused-ring (bicyclic) bond motifs is 2. The number of benzene rings is 5. The van der Waals surface area contributed by atoms with Crippen molar-refractivity contribution in [2.24, 2.45) is 0 Å². The fraction of sp³-hybridized carbons (Fsp3) is 0.0769. The van der Waals surface area contributed by atoms with Crippen LogP contribution in [0.2, 0.25) is 0 Å². The average molecular weight is 467 g/mol. The Morgan fingerprint density at radius 2 is 0.935 bits per heavy atom. The van der Waals surface area contributed by atoms with Crippen LogP contribution in [0.25, 0.3) is 43.1 Å². The fourth-order valence-electron chi connectivity index (χ4n) is 5.54. The molecule has 0 N–H and O–H groups in total. The van der Waals surface area contributed by atoms with Gasteiger partial charge in [0.15, 0.2) is 23.1 Å². The van der Waals surface area contributed by atoms with Crippen LogP contribution >= 0.6 is 15.9 Å². The molecule has 0 amide bonds. The topological polar surface area (TPSA) is 68.3 Å². The van der Waals surface area contributed by atoms with Crippen molar-refractivity contribution in [3.63, 3.8) is 0 Å². The van der Waals surface area contributed by atoms with Crippen molar-refractivity contribution in [2.45, 2.75) is 12.8 Å². The number of carbonyl (C=O) groups is 4. The van der Waals surface area contributed by atoms with Crippen molar-refractivity contribution < 1.29 is 19.2 Å². The van der Waals surface area contributed by atoms with Crippen LogP contribution in [0.1, 0.15) is 54.3 Å². The van der Waals surface area contributed by atoms with Crippen molar-refractivity contribution in [3.05, 3.63) is 69.2 Å². The van der Waals surface area contributed by atoms with Crippen LogP contribution in [0.4, 0.5) is 0 Å². The highest BCUT2D eigenvalue weighted by Crippen LogP contribution is 2.48. The number of hydrogen-bond donors (Lipinski definition) is 0. The SMILES string of the molecule is O=C1CC(=O)c2ccc3c4c(Br)cc5c6c(ccc(c7ccc1c2c73)c64)C(=O)CC5=O. The molecule has 0 saturated carbocycles. The molecule has 5 aromatic carbocycles. The first-order valence-electron chi connectivity index (χ1n) is 9.98. The summed E-state index contributed by atoms with van der Waals surface area (Å²) in [5.41, 5.74) is 2.28. The normalized spacial score (nSPS) is 15.9. The molecule has 0 saturated heterocycles. The Bertz CT molecular complexity index is 1740. The summed E-state index contributed by atoms with van der Waals surface area (Å²) in [7, 11) is 0. The van der Waals surface area contributed by atoms with E-state index in [1.165, 1.54) is 0 Å². The molecule has 0 fully saturated rings. The highest BCUT2D eigenvalue weighted by molar-refractivity contribution is 9.10. The minimum Gasteiger partial charge on any atom is -0.294 e. The lowest BCUT2D eigenvalue weighted by atomic mass is 9.79. The largest absolute Gasteiger partial charge is 0.294 e. The molecule has 146 valence electrons. The smallest absolute Gasteiger partial charge is 0.171 e. The summed E-state index contributed by atoms with van der Waals surface area (Å²) in [6.45, 7) is 0. The van der Waals surface area contributed by atoms with E-state index in [0.717, 1.165) is 36.8 Å². The summed E-state index contributed by atoms with van der Waals surface area (Å²) in [5, 5.41) is 6.74. The molecule has 0 heterocycles. The van der Waals surface area contributed by atoms with Crippen LogP contribution in [0.3, 0.4) is 0 Å². The molecule has 2 aliphatic rings. The maximum Gasteiger partial charge on any atom is 0.171 e. The van der Waals surface area contributed by atoms with E-state index in [1.807, 2.05) is 18.2 Å². The molecule has 0 radical (unpaired) electrons. The monoisotopic (exact) mass is 466 g/mol. The summed E-state index contributed by atoms with van der Waals surface area (Å²) in [6.07, 6.45) is -0.218. The van der Waals surface area contributed by atoms with Gasteiger partial charge >= 0.3 is 0 Å². The highest BCUT2D eigenvalue weighted by Gasteiger charge is 2.31. The number of ketones is 4. The standard InChI is InChI=1S/C26H11BrO4/c27-17-7-16-21(31)9-20(30)14-4-2-11-10-1-3-12-18(28)8-19(29)13-5-6-15(22(10)23(12)13)25(17)26(11)24(14)16/h1-7H,8-9H2. The van der Waals surface area contributed by atoms with Gasteiger partial charge in [0.2, 0.25) is 0 Å². The van der Waals surface area contributed by atoms with Crippen LogP contribution in [0.5, 0.6) is 0 Å². The van der Waals surface area contributed by atoms with Gasteiger partial charge in [-0.15, -0.1) is 0 Å². The van der Waals surface area contributed by atoms with Gasteiger partial charge in [-0.1, -0.05) is 52.3 Å². The van der Waals surface area contributed by atoms with Gasteiger partial charge in [0, 0.05) is 42.9 Å². The van der Waals surface area contributed by atoms with E-state index < -0.39 is 0 Å². The van der Waals surface area contributed by atoms with Crippen LogP contribution in [0, 0.1) is 0 Å². The summed E-state index contributed by atoms with van der Waals surface area (Å²) in [5.74, 6) is -0.654. The number of rotatable bonds is 0. The van der Waals surface area contributed by atoms with E-state index in [4.69, 9.17) is 0 Å². The van der Waals surface area contributed by atoms with Gasteiger partial charge in [-0.3, -0.25) is 19.2 Å². The minimum absolute atomic E-state index is 0.104. The second kappa shape index (κ2) is 5.42. The van der Waals surface area contributed by atoms with Crippen molar-refractivity contribution in [2.75, 3.05) is 0 Å². The highest BCUT2D eigenvalue weighted by atomic mass is 79.9. The van der Waals surface area contributed by atoms with Crippen molar-refractivity contribution in [3.8, 4) is 0 Å². The molecular weight excluding hydrogens is 456 g/mol. The lowest BCUT2D eigenvalue weighted by Gasteiger charge is -2.23. The lowest BCUT2D eigenvalue weighted by Crippen LogP contribution is -2.17. The molecule has 0 spiro atoms. The van der Waals surface area contributed by atoms with E-state index in [0.29, 0.717) is 33.0 Å². The third-order valence-electron chi connectivity index (χ3n) is 6.80. The Labute approximate surface area is 183 Å². The van der Waals surface area contributed by atoms with E-state index >= 15 is 0 Å². The Balaban J connectivity index is 1.85. The van der Waals surface area contributed by atoms with Crippen LogP contribution in [-0.2, 0) is 0 Å². The zero-order chi connectivity index (χ0) is 21.2. The average Bonchev–Trinajstić information content (AvgIpc) is 2.75. The zero-order valence-electron chi connectivity index (χ0n) is 16.0. The quantitative estimate of drug-likeness (QED) is 0.158. The molecule has 7 rings (SSSR count). The van der Waals surface area contributed by atoms with Crippen LogP contribution < -0.4 is 0 Å². The van der Waals surface area contributed by atoms with Gasteiger partial charge in [0.1, 0.15) is 0 Å². The molecule has 5 heteroatoms. The molecule has 0 bridgehead atoms. The lowest BCUT2D eigenvalue weighted by molar-refractivity contribution is 0.0874. The van der Waals surface area contributed by atoms with E-state index in [2.05, 4.69) is 15.9 Å². The zero-order valence-corrected chi connectivity index (χ0v) is 17.6. The van der Waals surface area contributed by atoms with Gasteiger partial charge in [0.25, 0.3) is 0 Å². The Morgan fingerprint density at radius 1 is 0.484 bits per heavy atom. The second-order valence-electron chi connectivity index (χ2n) is 8.31. The molecule has 4 nitrogen and oxygen atoms in total. The molecule has 0 aromatic heterocycles. The first kappa shape index (κ1) is 17.3. The molecule has 0 aliphatic heterocycles. The van der Waals surface area contributed by atoms with E-state index in [1.54, 1.807) is 24.3 Å². The molecule has 0 atom stereocenters. The number of carbonyl (C=O) groups excluding carboxylic acids is 4. The van der Waals surface area contributed by atoms with Gasteiger partial charge in [-0.2, -0.15) is 0 Å². The first-order chi connectivity index (χ1) is 15.0. The van der Waals surface area contributed by atoms with E-state index in [9.17, 15) is 19.2 Å². The molecular formula is C26H11BrO4. The van der Waals surface area contributed by atoms with Gasteiger partial charge in [0.05, 0.1) is 12.8 Å². The molecule has 2 aliphatic carbocycles. The molecule has 0 unspecified atom stereocenters. The van der Waals surface area contributed by atoms with Gasteiger partial charge in [-0.05, 0) is 33.0 Å². The Kier molecular flexibility index (Phi) is 3.02. The second-order valence-corrected chi connectivity index (χ2v) is 9.16. The van der Waals surface area contributed by atoms with Gasteiger partial charge in [-0.25, -0.2) is 0 Å². The van der Waals surface area contributed by atoms with Crippen molar-refractivity contribution in [1.82, 2.24) is 0 Å². The summed E-state index contributed by atoms with van der Waals surface area (Å²) in [6, 6.07) is 13.0. The van der Waals surface area contributed by atoms with Crippen molar-refractivity contribution >= 4 is 82.2 Å². The Morgan fingerprint density at radius 3 is 1.52 bits per heavy atom. The first-order valence-corrected chi connectivity index (χ1v) is 10.8. The number of halogens is 1. The predicted octanol–water partition coefficient (Wildman–Crippen LogP) is 6.04.